The fourth-order valence-corrected chi connectivity index (χ4v) is 4.56. The molecule has 4 rings (SSSR count). The number of amides is 2. The molecule has 2 fully saturated rings. The van der Waals surface area contributed by atoms with Crippen molar-refractivity contribution in [3.8, 4) is 0 Å². The zero-order chi connectivity index (χ0) is 23.0. The number of benzene rings is 2. The smallest absolute Gasteiger partial charge is 0.237 e. The second-order valence-corrected chi connectivity index (χ2v) is 8.77. The molecule has 0 aliphatic carbocycles. The molecule has 2 heterocycles. The zero-order valence-electron chi connectivity index (χ0n) is 19.4. The molecule has 0 aromatic heterocycles. The third-order valence-corrected chi connectivity index (χ3v) is 6.56. The van der Waals surface area contributed by atoms with Crippen molar-refractivity contribution in [2.75, 3.05) is 72.6 Å². The van der Waals surface area contributed by atoms with E-state index in [1.165, 1.54) is 0 Å². The average Bonchev–Trinajstić information content (AvgIpc) is 2.86. The Kier molecular flexibility index (Phi) is 8.10. The summed E-state index contributed by atoms with van der Waals surface area (Å²) in [5.74, 6) is 0.258. The van der Waals surface area contributed by atoms with Gasteiger partial charge in [-0.05, 0) is 11.1 Å². The summed E-state index contributed by atoms with van der Waals surface area (Å²) < 4.78 is 5.36. The topological polar surface area (TPSA) is 56.3 Å². The van der Waals surface area contributed by atoms with Gasteiger partial charge < -0.3 is 14.5 Å². The molecule has 2 aliphatic rings. The minimum Gasteiger partial charge on any atom is -0.379 e. The summed E-state index contributed by atoms with van der Waals surface area (Å²) in [5.41, 5.74) is 2.19. The molecular weight excluding hydrogens is 416 g/mol. The van der Waals surface area contributed by atoms with Gasteiger partial charge >= 0.3 is 0 Å². The highest BCUT2D eigenvalue weighted by molar-refractivity contribution is 5.80. The lowest BCUT2D eigenvalue weighted by atomic mass is 9.97. The Balaban J connectivity index is 1.32. The molecule has 33 heavy (non-hydrogen) atoms. The molecule has 0 radical (unpaired) electrons. The van der Waals surface area contributed by atoms with Gasteiger partial charge in [-0.3, -0.25) is 19.4 Å². The highest BCUT2D eigenvalue weighted by Crippen LogP contribution is 2.27. The number of nitrogens with zero attached hydrogens (tertiary/aromatic N) is 4. The van der Waals surface area contributed by atoms with Gasteiger partial charge in [-0.15, -0.1) is 0 Å². The first-order valence-electron chi connectivity index (χ1n) is 11.8. The molecule has 0 unspecified atom stereocenters. The first-order chi connectivity index (χ1) is 16.1. The molecule has 7 heteroatoms. The van der Waals surface area contributed by atoms with Crippen molar-refractivity contribution in [1.82, 2.24) is 19.6 Å². The van der Waals surface area contributed by atoms with E-state index in [4.69, 9.17) is 4.74 Å². The van der Waals surface area contributed by atoms with Crippen LogP contribution in [0.15, 0.2) is 60.7 Å². The zero-order valence-corrected chi connectivity index (χ0v) is 19.4. The highest BCUT2D eigenvalue weighted by atomic mass is 16.5. The Morgan fingerprint density at radius 2 is 1.30 bits per heavy atom. The van der Waals surface area contributed by atoms with E-state index < -0.39 is 0 Å². The number of ether oxygens (including phenoxy) is 1. The number of carbonyl (C=O) groups is 2. The summed E-state index contributed by atoms with van der Waals surface area (Å²) in [6, 6.07) is 20.2. The van der Waals surface area contributed by atoms with E-state index in [2.05, 4.69) is 34.1 Å². The Bertz CT molecular complexity index is 855. The summed E-state index contributed by atoms with van der Waals surface area (Å²) >= 11 is 0. The van der Waals surface area contributed by atoms with E-state index >= 15 is 0 Å². The Morgan fingerprint density at radius 3 is 1.85 bits per heavy atom. The van der Waals surface area contributed by atoms with Crippen molar-refractivity contribution >= 4 is 11.8 Å². The number of piperazine rings is 1. The second-order valence-electron chi connectivity index (χ2n) is 8.77. The third-order valence-electron chi connectivity index (χ3n) is 6.56. The van der Waals surface area contributed by atoms with Crippen LogP contribution in [0.25, 0.3) is 0 Å². The molecule has 0 atom stereocenters. The minimum absolute atomic E-state index is 0.0841. The molecule has 0 saturated carbocycles. The molecule has 7 nitrogen and oxygen atoms in total. The summed E-state index contributed by atoms with van der Waals surface area (Å²) in [6.07, 6.45) is 0. The average molecular weight is 451 g/mol. The molecule has 2 amide bonds. The van der Waals surface area contributed by atoms with Crippen LogP contribution in [-0.2, 0) is 14.3 Å². The van der Waals surface area contributed by atoms with Crippen LogP contribution in [0.2, 0.25) is 0 Å². The summed E-state index contributed by atoms with van der Waals surface area (Å²) in [4.78, 5) is 34.0. The Hall–Kier alpha value is -2.74. The second kappa shape index (κ2) is 11.4. The molecule has 0 spiro atoms. The lowest BCUT2D eigenvalue weighted by molar-refractivity contribution is -0.136. The predicted octanol–water partition coefficient (Wildman–Crippen LogP) is 1.71. The van der Waals surface area contributed by atoms with Crippen molar-refractivity contribution in [3.05, 3.63) is 71.8 Å². The fourth-order valence-electron chi connectivity index (χ4n) is 4.56. The maximum Gasteiger partial charge on any atom is 0.237 e. The maximum absolute atomic E-state index is 13.3. The van der Waals surface area contributed by atoms with E-state index in [1.54, 1.807) is 0 Å². The number of morpholine rings is 1. The van der Waals surface area contributed by atoms with Crippen molar-refractivity contribution in [3.63, 3.8) is 0 Å². The monoisotopic (exact) mass is 450 g/mol. The lowest BCUT2D eigenvalue weighted by Gasteiger charge is -2.37. The predicted molar refractivity (Wildman–Crippen MR) is 128 cm³/mol. The molecule has 176 valence electrons. The van der Waals surface area contributed by atoms with Crippen molar-refractivity contribution in [2.24, 2.45) is 0 Å². The van der Waals surface area contributed by atoms with E-state index in [9.17, 15) is 9.59 Å². The molecule has 2 aliphatic heterocycles. The van der Waals surface area contributed by atoms with Crippen LogP contribution in [0.3, 0.4) is 0 Å². The molecule has 2 aromatic carbocycles. The molecular formula is C26H34N4O3. The van der Waals surface area contributed by atoms with E-state index in [-0.39, 0.29) is 17.9 Å². The van der Waals surface area contributed by atoms with Gasteiger partial charge in [0.2, 0.25) is 11.8 Å². The van der Waals surface area contributed by atoms with Crippen molar-refractivity contribution in [1.29, 1.82) is 0 Å². The number of carbonyl (C=O) groups excluding carboxylic acids is 2. The van der Waals surface area contributed by atoms with E-state index in [0.717, 1.165) is 37.3 Å². The van der Waals surface area contributed by atoms with Gasteiger partial charge in [-0.25, -0.2) is 0 Å². The van der Waals surface area contributed by atoms with Gasteiger partial charge in [-0.1, -0.05) is 60.7 Å². The Morgan fingerprint density at radius 1 is 0.788 bits per heavy atom. The highest BCUT2D eigenvalue weighted by Gasteiger charge is 2.28. The van der Waals surface area contributed by atoms with Crippen LogP contribution >= 0.6 is 0 Å². The lowest BCUT2D eigenvalue weighted by Crippen LogP contribution is -2.53. The number of rotatable bonds is 7. The van der Waals surface area contributed by atoms with Crippen LogP contribution in [0, 0.1) is 0 Å². The van der Waals surface area contributed by atoms with Gasteiger partial charge in [-0.2, -0.15) is 0 Å². The van der Waals surface area contributed by atoms with Gasteiger partial charge in [0.15, 0.2) is 0 Å². The van der Waals surface area contributed by atoms with Crippen LogP contribution in [0.1, 0.15) is 17.2 Å². The quantitative estimate of drug-likeness (QED) is 0.643. The van der Waals surface area contributed by atoms with Gasteiger partial charge in [0.1, 0.15) is 0 Å². The summed E-state index contributed by atoms with van der Waals surface area (Å²) in [5, 5.41) is 0. The van der Waals surface area contributed by atoms with Crippen LogP contribution in [0.4, 0.5) is 0 Å². The number of hydrogen-bond acceptors (Lipinski definition) is 5. The molecule has 0 N–H and O–H groups in total. The van der Waals surface area contributed by atoms with Gasteiger partial charge in [0.25, 0.3) is 0 Å². The SMILES string of the molecule is CN(C(=O)CN1CCN(C(=O)CN2CCOCC2)CC1)C(c1ccccc1)c1ccccc1. The van der Waals surface area contributed by atoms with E-state index in [1.807, 2.05) is 53.2 Å². The fraction of sp³-hybridized carbons (Fsp3) is 0.462. The van der Waals surface area contributed by atoms with Crippen molar-refractivity contribution in [2.45, 2.75) is 6.04 Å². The number of likely N-dealkylation sites (N-methyl/N-ethyl adjacent to an activating group) is 1. The molecule has 2 saturated heterocycles. The largest absolute Gasteiger partial charge is 0.379 e. The van der Waals surface area contributed by atoms with Gasteiger partial charge in [0, 0.05) is 46.3 Å². The van der Waals surface area contributed by atoms with E-state index in [0.29, 0.717) is 39.4 Å². The van der Waals surface area contributed by atoms with Crippen LogP contribution < -0.4 is 0 Å². The van der Waals surface area contributed by atoms with Gasteiger partial charge in [0.05, 0.1) is 32.3 Å². The minimum atomic E-state index is -0.128. The standard InChI is InChI=1S/C26H34N4O3/c1-27(26(22-8-4-2-5-9-22)23-10-6-3-7-11-23)24(31)20-28-12-14-30(15-13-28)25(32)21-29-16-18-33-19-17-29/h2-11,26H,12-21H2,1H3. The Labute approximate surface area is 196 Å². The summed E-state index contributed by atoms with van der Waals surface area (Å²) in [7, 11) is 1.88. The van der Waals surface area contributed by atoms with Crippen molar-refractivity contribution < 1.29 is 14.3 Å². The summed E-state index contributed by atoms with van der Waals surface area (Å²) in [6.45, 7) is 6.62. The normalized spacial score (nSPS) is 17.8. The number of hydrogen-bond donors (Lipinski definition) is 0. The molecule has 2 aromatic rings. The maximum atomic E-state index is 13.3. The first-order valence-corrected chi connectivity index (χ1v) is 11.8. The first kappa shape index (κ1) is 23.4. The van der Waals surface area contributed by atoms with Crippen LogP contribution in [-0.4, -0.2) is 104 Å². The van der Waals surface area contributed by atoms with Crippen LogP contribution in [0.5, 0.6) is 0 Å². The molecule has 0 bridgehead atoms. The third kappa shape index (κ3) is 6.19.